The van der Waals surface area contributed by atoms with Crippen LogP contribution in [-0.4, -0.2) is 44.4 Å². The Morgan fingerprint density at radius 2 is 1.67 bits per heavy atom. The van der Waals surface area contributed by atoms with Crippen molar-refractivity contribution < 1.29 is 28.2 Å². The minimum absolute atomic E-state index is 0.0541. The van der Waals surface area contributed by atoms with Crippen molar-refractivity contribution in [3.63, 3.8) is 0 Å². The van der Waals surface area contributed by atoms with Gasteiger partial charge in [-0.05, 0) is 30.3 Å². The van der Waals surface area contributed by atoms with Crippen LogP contribution in [0.2, 0.25) is 0 Å². The van der Waals surface area contributed by atoms with Crippen LogP contribution in [0.25, 0.3) is 0 Å². The standard InChI is InChI=1S/C19H15FN2O5/c1-21-13-6-11(2-4-16(13)26-9-18(21)24)15(23)8-22-14-7-12(20)3-5-17(14)27-10-19(22)25/h2-7H,8-10H2,1H3. The van der Waals surface area contributed by atoms with E-state index in [1.807, 2.05) is 0 Å². The fourth-order valence-electron chi connectivity index (χ4n) is 3.03. The average molecular weight is 370 g/mol. The van der Waals surface area contributed by atoms with Gasteiger partial charge in [0.15, 0.2) is 19.0 Å². The molecule has 0 bridgehead atoms. The van der Waals surface area contributed by atoms with E-state index in [4.69, 9.17) is 9.47 Å². The van der Waals surface area contributed by atoms with Crippen LogP contribution in [-0.2, 0) is 9.59 Å². The molecule has 4 rings (SSSR count). The normalized spacial score (nSPS) is 15.6. The molecule has 2 amide bonds. The van der Waals surface area contributed by atoms with E-state index < -0.39 is 11.7 Å². The third kappa shape index (κ3) is 2.99. The quantitative estimate of drug-likeness (QED) is 0.770. The van der Waals surface area contributed by atoms with Crippen LogP contribution in [0, 0.1) is 5.82 Å². The number of ether oxygens (including phenoxy) is 2. The van der Waals surface area contributed by atoms with Crippen molar-refractivity contribution in [2.24, 2.45) is 0 Å². The van der Waals surface area contributed by atoms with E-state index in [9.17, 15) is 18.8 Å². The Balaban J connectivity index is 1.63. The SMILES string of the molecule is CN1C(=O)COc2ccc(C(=O)CN3C(=O)COc4ccc(F)cc43)cc21. The molecule has 0 radical (unpaired) electrons. The minimum Gasteiger partial charge on any atom is -0.482 e. The number of fused-ring (bicyclic) bond motifs is 2. The van der Waals surface area contributed by atoms with Crippen molar-refractivity contribution in [1.29, 1.82) is 0 Å². The summed E-state index contributed by atoms with van der Waals surface area (Å²) in [6.07, 6.45) is 0. The third-order valence-corrected chi connectivity index (χ3v) is 4.53. The highest BCUT2D eigenvalue weighted by Gasteiger charge is 2.29. The number of rotatable bonds is 3. The molecular formula is C19H15FN2O5. The number of ketones is 1. The molecule has 0 unspecified atom stereocenters. The second kappa shape index (κ2) is 6.39. The molecule has 2 aliphatic rings. The topological polar surface area (TPSA) is 76.2 Å². The van der Waals surface area contributed by atoms with Gasteiger partial charge in [-0.1, -0.05) is 0 Å². The molecule has 0 aliphatic carbocycles. The molecular weight excluding hydrogens is 355 g/mol. The number of nitrogens with zero attached hydrogens (tertiary/aromatic N) is 2. The molecule has 8 heteroatoms. The smallest absolute Gasteiger partial charge is 0.265 e. The second-order valence-corrected chi connectivity index (χ2v) is 6.23. The first-order valence-corrected chi connectivity index (χ1v) is 8.23. The number of Topliss-reactive ketones (excluding diaryl/α,β-unsaturated/α-hetero) is 1. The zero-order valence-electron chi connectivity index (χ0n) is 14.4. The molecule has 0 saturated carbocycles. The van der Waals surface area contributed by atoms with Crippen molar-refractivity contribution >= 4 is 29.0 Å². The Kier molecular flexibility index (Phi) is 4.02. The molecule has 2 heterocycles. The van der Waals surface area contributed by atoms with Gasteiger partial charge < -0.3 is 14.4 Å². The lowest BCUT2D eigenvalue weighted by Crippen LogP contribution is -2.42. The number of anilines is 2. The van der Waals surface area contributed by atoms with Gasteiger partial charge in [-0.15, -0.1) is 0 Å². The van der Waals surface area contributed by atoms with E-state index in [2.05, 4.69) is 0 Å². The van der Waals surface area contributed by atoms with Crippen molar-refractivity contribution in [2.45, 2.75) is 0 Å². The lowest BCUT2D eigenvalue weighted by Gasteiger charge is -2.29. The van der Waals surface area contributed by atoms with Crippen LogP contribution in [0.15, 0.2) is 36.4 Å². The van der Waals surface area contributed by atoms with Crippen LogP contribution >= 0.6 is 0 Å². The van der Waals surface area contributed by atoms with E-state index in [0.717, 1.165) is 6.07 Å². The average Bonchev–Trinajstić information content (AvgIpc) is 2.67. The van der Waals surface area contributed by atoms with Gasteiger partial charge in [0.2, 0.25) is 0 Å². The Labute approximate surface area is 153 Å². The van der Waals surface area contributed by atoms with Gasteiger partial charge in [0.25, 0.3) is 11.8 Å². The molecule has 2 aromatic carbocycles. The Morgan fingerprint density at radius 1 is 1.00 bits per heavy atom. The number of carbonyl (C=O) groups excluding carboxylic acids is 3. The van der Waals surface area contributed by atoms with Crippen molar-refractivity contribution in [3.05, 3.63) is 47.8 Å². The first-order chi connectivity index (χ1) is 12.9. The van der Waals surface area contributed by atoms with Gasteiger partial charge in [-0.2, -0.15) is 0 Å². The summed E-state index contributed by atoms with van der Waals surface area (Å²) >= 11 is 0. The maximum absolute atomic E-state index is 13.6. The van der Waals surface area contributed by atoms with E-state index in [1.54, 1.807) is 25.2 Å². The third-order valence-electron chi connectivity index (χ3n) is 4.53. The monoisotopic (exact) mass is 370 g/mol. The molecule has 2 aromatic rings. The van der Waals surface area contributed by atoms with Crippen LogP contribution < -0.4 is 19.3 Å². The molecule has 0 spiro atoms. The molecule has 0 aromatic heterocycles. The Hall–Kier alpha value is -3.42. The zero-order chi connectivity index (χ0) is 19.1. The molecule has 138 valence electrons. The molecule has 0 fully saturated rings. The lowest BCUT2D eigenvalue weighted by atomic mass is 10.1. The number of hydrogen-bond donors (Lipinski definition) is 0. The van der Waals surface area contributed by atoms with Crippen LogP contribution in [0.3, 0.4) is 0 Å². The van der Waals surface area contributed by atoms with E-state index >= 15 is 0 Å². The van der Waals surface area contributed by atoms with Crippen LogP contribution in [0.5, 0.6) is 11.5 Å². The maximum atomic E-state index is 13.6. The molecule has 7 nitrogen and oxygen atoms in total. The largest absolute Gasteiger partial charge is 0.482 e. The summed E-state index contributed by atoms with van der Waals surface area (Å²) in [6, 6.07) is 8.54. The summed E-state index contributed by atoms with van der Waals surface area (Å²) in [5.74, 6) is -0.698. The van der Waals surface area contributed by atoms with Crippen molar-refractivity contribution in [1.82, 2.24) is 0 Å². The highest BCUT2D eigenvalue weighted by molar-refractivity contribution is 6.08. The van der Waals surface area contributed by atoms with Crippen molar-refractivity contribution in [2.75, 3.05) is 36.6 Å². The summed E-state index contributed by atoms with van der Waals surface area (Å²) < 4.78 is 24.2. The van der Waals surface area contributed by atoms with Gasteiger partial charge in [0, 0.05) is 18.7 Å². The summed E-state index contributed by atoms with van der Waals surface area (Å²) in [5, 5.41) is 0. The Bertz CT molecular complexity index is 975. The van der Waals surface area contributed by atoms with Crippen LogP contribution in [0.1, 0.15) is 10.4 Å². The van der Waals surface area contributed by atoms with Crippen LogP contribution in [0.4, 0.5) is 15.8 Å². The lowest BCUT2D eigenvalue weighted by molar-refractivity contribution is -0.121. The predicted molar refractivity (Wildman–Crippen MR) is 93.9 cm³/mol. The van der Waals surface area contributed by atoms with E-state index in [1.165, 1.54) is 21.9 Å². The summed E-state index contributed by atoms with van der Waals surface area (Å²) in [4.78, 5) is 39.4. The summed E-state index contributed by atoms with van der Waals surface area (Å²) in [6.45, 7) is -0.543. The minimum atomic E-state index is -0.532. The molecule has 27 heavy (non-hydrogen) atoms. The molecule has 0 saturated heterocycles. The second-order valence-electron chi connectivity index (χ2n) is 6.23. The van der Waals surface area contributed by atoms with E-state index in [0.29, 0.717) is 22.7 Å². The first kappa shape index (κ1) is 17.0. The van der Waals surface area contributed by atoms with Gasteiger partial charge >= 0.3 is 0 Å². The number of carbonyl (C=O) groups is 3. The van der Waals surface area contributed by atoms with Crippen molar-refractivity contribution in [3.8, 4) is 11.5 Å². The highest BCUT2D eigenvalue weighted by Crippen LogP contribution is 2.34. The van der Waals surface area contributed by atoms with Gasteiger partial charge in [-0.25, -0.2) is 4.39 Å². The highest BCUT2D eigenvalue weighted by atomic mass is 19.1. The molecule has 0 atom stereocenters. The number of halogens is 1. The number of benzene rings is 2. The Morgan fingerprint density at radius 3 is 2.44 bits per heavy atom. The fourth-order valence-corrected chi connectivity index (χ4v) is 3.03. The van der Waals surface area contributed by atoms with Gasteiger partial charge in [0.05, 0.1) is 17.9 Å². The number of likely N-dealkylation sites (N-methyl/N-ethyl adjacent to an activating group) is 1. The summed E-state index contributed by atoms with van der Waals surface area (Å²) in [5.41, 5.74) is 1.01. The summed E-state index contributed by atoms with van der Waals surface area (Å²) in [7, 11) is 1.60. The molecule has 0 N–H and O–H groups in total. The maximum Gasteiger partial charge on any atom is 0.265 e. The molecule has 2 aliphatic heterocycles. The first-order valence-electron chi connectivity index (χ1n) is 8.23. The van der Waals surface area contributed by atoms with E-state index in [-0.39, 0.29) is 37.1 Å². The predicted octanol–water partition coefficient (Wildman–Crippen LogP) is 1.79. The number of hydrogen-bond acceptors (Lipinski definition) is 5. The zero-order valence-corrected chi connectivity index (χ0v) is 14.4. The number of amides is 2. The fraction of sp³-hybridized carbons (Fsp3) is 0.211. The van der Waals surface area contributed by atoms with Gasteiger partial charge in [-0.3, -0.25) is 19.3 Å². The van der Waals surface area contributed by atoms with Gasteiger partial charge in [0.1, 0.15) is 17.3 Å².